The van der Waals surface area contributed by atoms with E-state index in [1.54, 1.807) is 18.2 Å². The number of benzene rings is 1. The number of hydrogen-bond acceptors (Lipinski definition) is 3. The second-order valence-corrected chi connectivity index (χ2v) is 5.30. The Morgan fingerprint density at radius 3 is 2.74 bits per heavy atom. The summed E-state index contributed by atoms with van der Waals surface area (Å²) in [5, 5.41) is 15.1. The van der Waals surface area contributed by atoms with Crippen LogP contribution in [0.25, 0.3) is 0 Å². The highest BCUT2D eigenvalue weighted by Gasteiger charge is 2.36. The van der Waals surface area contributed by atoms with E-state index in [0.29, 0.717) is 12.2 Å². The molecule has 1 amide bonds. The third-order valence-electron chi connectivity index (χ3n) is 3.57. The number of hydrogen-bond donors (Lipinski definition) is 3. The second kappa shape index (κ2) is 5.01. The molecule has 0 spiro atoms. The van der Waals surface area contributed by atoms with Gasteiger partial charge in [0.15, 0.2) is 0 Å². The predicted octanol–water partition coefficient (Wildman–Crippen LogP) is 1.63. The molecule has 0 aliphatic carbocycles. The zero-order valence-electron chi connectivity index (χ0n) is 11.1. The maximum Gasteiger partial charge on any atom is 0.337 e. The van der Waals surface area contributed by atoms with E-state index in [1.165, 1.54) is 0 Å². The van der Waals surface area contributed by atoms with Crippen molar-refractivity contribution >= 4 is 17.6 Å². The normalized spacial score (nSPS) is 22.2. The monoisotopic (exact) mass is 262 g/mol. The molecule has 2 rings (SSSR count). The molecule has 0 bridgehead atoms. The Kier molecular flexibility index (Phi) is 3.57. The van der Waals surface area contributed by atoms with E-state index in [2.05, 4.69) is 10.6 Å². The molecule has 0 aromatic heterocycles. The molecule has 1 unspecified atom stereocenters. The average molecular weight is 262 g/mol. The van der Waals surface area contributed by atoms with Crippen LogP contribution in [0.5, 0.6) is 0 Å². The molecule has 1 aliphatic heterocycles. The smallest absolute Gasteiger partial charge is 0.337 e. The predicted molar refractivity (Wildman–Crippen MR) is 72.4 cm³/mol. The summed E-state index contributed by atoms with van der Waals surface area (Å²) in [6, 6.07) is 4.99. The van der Waals surface area contributed by atoms with Gasteiger partial charge in [-0.25, -0.2) is 4.79 Å². The van der Waals surface area contributed by atoms with Gasteiger partial charge in [-0.3, -0.25) is 4.79 Å². The molecular weight excluding hydrogens is 244 g/mol. The highest BCUT2D eigenvalue weighted by molar-refractivity contribution is 6.02. The molecule has 1 aromatic carbocycles. The van der Waals surface area contributed by atoms with Gasteiger partial charge in [0.25, 0.3) is 0 Å². The lowest BCUT2D eigenvalue weighted by molar-refractivity contribution is -0.123. The van der Waals surface area contributed by atoms with Crippen molar-refractivity contribution in [1.29, 1.82) is 0 Å². The summed E-state index contributed by atoms with van der Waals surface area (Å²) in [6.45, 7) is 5.13. The van der Waals surface area contributed by atoms with Crippen LogP contribution in [0.4, 0.5) is 5.69 Å². The summed E-state index contributed by atoms with van der Waals surface area (Å²) >= 11 is 0. The van der Waals surface area contributed by atoms with Crippen molar-refractivity contribution in [3.8, 4) is 0 Å². The first-order valence-electron chi connectivity index (χ1n) is 6.28. The van der Waals surface area contributed by atoms with Crippen LogP contribution < -0.4 is 10.6 Å². The highest BCUT2D eigenvalue weighted by atomic mass is 16.4. The zero-order valence-corrected chi connectivity index (χ0v) is 11.1. The van der Waals surface area contributed by atoms with Gasteiger partial charge in [-0.2, -0.15) is 0 Å². The fourth-order valence-corrected chi connectivity index (χ4v) is 2.23. The van der Waals surface area contributed by atoms with E-state index in [1.807, 2.05) is 13.8 Å². The zero-order chi connectivity index (χ0) is 14.0. The van der Waals surface area contributed by atoms with Gasteiger partial charge >= 0.3 is 5.97 Å². The molecule has 3 N–H and O–H groups in total. The maximum absolute atomic E-state index is 12.3. The van der Waals surface area contributed by atoms with E-state index in [4.69, 9.17) is 5.11 Å². The van der Waals surface area contributed by atoms with Crippen molar-refractivity contribution in [3.05, 3.63) is 29.3 Å². The van der Waals surface area contributed by atoms with Crippen LogP contribution in [0.15, 0.2) is 18.2 Å². The SMILES string of the molecule is Cc1ccc(NC(=O)C2(C)CCNC2)c(C(=O)O)c1. The molecule has 0 radical (unpaired) electrons. The van der Waals surface area contributed by atoms with Gasteiger partial charge < -0.3 is 15.7 Å². The molecule has 1 atom stereocenters. The molecule has 1 aromatic rings. The Morgan fingerprint density at radius 2 is 2.16 bits per heavy atom. The Labute approximate surface area is 112 Å². The van der Waals surface area contributed by atoms with Crippen molar-refractivity contribution in [2.45, 2.75) is 20.3 Å². The quantitative estimate of drug-likeness (QED) is 0.773. The second-order valence-electron chi connectivity index (χ2n) is 5.30. The van der Waals surface area contributed by atoms with E-state index in [-0.39, 0.29) is 11.5 Å². The van der Waals surface area contributed by atoms with E-state index in [9.17, 15) is 9.59 Å². The average Bonchev–Trinajstić information content (AvgIpc) is 2.79. The van der Waals surface area contributed by atoms with Crippen molar-refractivity contribution in [3.63, 3.8) is 0 Å². The number of carbonyl (C=O) groups excluding carboxylic acids is 1. The number of carboxylic acid groups (broad SMARTS) is 1. The van der Waals surface area contributed by atoms with Gasteiger partial charge in [-0.1, -0.05) is 11.6 Å². The van der Waals surface area contributed by atoms with Gasteiger partial charge in [-0.05, 0) is 38.9 Å². The van der Waals surface area contributed by atoms with E-state index < -0.39 is 11.4 Å². The Bertz CT molecular complexity index is 519. The minimum absolute atomic E-state index is 0.128. The first-order valence-corrected chi connectivity index (χ1v) is 6.28. The summed E-state index contributed by atoms with van der Waals surface area (Å²) in [7, 11) is 0. The van der Waals surface area contributed by atoms with Crippen LogP contribution in [0.3, 0.4) is 0 Å². The summed E-state index contributed by atoms with van der Waals surface area (Å²) in [5.74, 6) is -1.17. The van der Waals surface area contributed by atoms with Crippen LogP contribution in [0.1, 0.15) is 29.3 Å². The van der Waals surface area contributed by atoms with Crippen LogP contribution in [0, 0.1) is 12.3 Å². The van der Waals surface area contributed by atoms with Crippen molar-refractivity contribution in [2.75, 3.05) is 18.4 Å². The minimum Gasteiger partial charge on any atom is -0.478 e. The van der Waals surface area contributed by atoms with Crippen LogP contribution in [-0.2, 0) is 4.79 Å². The number of amides is 1. The Hall–Kier alpha value is -1.88. The van der Waals surface area contributed by atoms with E-state index >= 15 is 0 Å². The number of rotatable bonds is 3. The number of aryl methyl sites for hydroxylation is 1. The molecule has 1 aliphatic rings. The molecule has 102 valence electrons. The molecular formula is C14H18N2O3. The molecule has 1 heterocycles. The number of nitrogens with one attached hydrogen (secondary N) is 2. The van der Waals surface area contributed by atoms with Gasteiger partial charge in [-0.15, -0.1) is 0 Å². The Morgan fingerprint density at radius 1 is 1.42 bits per heavy atom. The summed E-state index contributed by atoms with van der Waals surface area (Å²) in [6.07, 6.45) is 0.757. The first kappa shape index (κ1) is 13.5. The van der Waals surface area contributed by atoms with E-state index in [0.717, 1.165) is 18.5 Å². The fraction of sp³-hybridized carbons (Fsp3) is 0.429. The molecule has 5 nitrogen and oxygen atoms in total. The lowest BCUT2D eigenvalue weighted by Gasteiger charge is -2.22. The summed E-state index contributed by atoms with van der Waals surface area (Å²) in [5.41, 5.74) is 0.865. The molecule has 1 fully saturated rings. The van der Waals surface area contributed by atoms with Crippen LogP contribution in [0.2, 0.25) is 0 Å². The van der Waals surface area contributed by atoms with Crippen molar-refractivity contribution in [1.82, 2.24) is 5.32 Å². The first-order chi connectivity index (χ1) is 8.92. The van der Waals surface area contributed by atoms with Crippen molar-refractivity contribution in [2.24, 2.45) is 5.41 Å². The van der Waals surface area contributed by atoms with Gasteiger partial charge in [0.1, 0.15) is 0 Å². The summed E-state index contributed by atoms with van der Waals surface area (Å²) < 4.78 is 0. The van der Waals surface area contributed by atoms with Gasteiger partial charge in [0.2, 0.25) is 5.91 Å². The lowest BCUT2D eigenvalue weighted by Crippen LogP contribution is -2.35. The largest absolute Gasteiger partial charge is 0.478 e. The number of anilines is 1. The van der Waals surface area contributed by atoms with Gasteiger partial charge in [0.05, 0.1) is 16.7 Å². The fourth-order valence-electron chi connectivity index (χ4n) is 2.23. The van der Waals surface area contributed by atoms with Gasteiger partial charge in [0, 0.05) is 6.54 Å². The van der Waals surface area contributed by atoms with Crippen LogP contribution in [-0.4, -0.2) is 30.1 Å². The number of carbonyl (C=O) groups is 2. The third kappa shape index (κ3) is 2.76. The molecule has 1 saturated heterocycles. The minimum atomic E-state index is -1.03. The van der Waals surface area contributed by atoms with Crippen molar-refractivity contribution < 1.29 is 14.7 Å². The molecule has 5 heteroatoms. The number of carboxylic acids is 1. The standard InChI is InChI=1S/C14H18N2O3/c1-9-3-4-11(10(7-9)12(17)18)16-13(19)14(2)5-6-15-8-14/h3-4,7,15H,5-6,8H2,1-2H3,(H,16,19)(H,17,18). The highest BCUT2D eigenvalue weighted by Crippen LogP contribution is 2.27. The lowest BCUT2D eigenvalue weighted by atomic mass is 9.88. The molecule has 0 saturated carbocycles. The topological polar surface area (TPSA) is 78.4 Å². The summed E-state index contributed by atoms with van der Waals surface area (Å²) in [4.78, 5) is 23.4. The third-order valence-corrected chi connectivity index (χ3v) is 3.57. The Balaban J connectivity index is 2.23. The number of aromatic carboxylic acids is 1. The van der Waals surface area contributed by atoms with Crippen LogP contribution >= 0.6 is 0 Å². The molecule has 19 heavy (non-hydrogen) atoms. The maximum atomic E-state index is 12.3.